The molecule has 184 valence electrons. The highest BCUT2D eigenvalue weighted by Crippen LogP contribution is 2.40. The number of amides is 3. The minimum Gasteiger partial charge on any atom is -0.502 e. The number of hydrogen-bond acceptors (Lipinski definition) is 8. The van der Waals surface area contributed by atoms with E-state index < -0.39 is 29.8 Å². The number of ether oxygens (including phenoxy) is 2. The molecule has 0 aromatic heterocycles. The molecule has 10 nitrogen and oxygen atoms in total. The Morgan fingerprint density at radius 2 is 1.74 bits per heavy atom. The molecule has 2 aromatic rings. The number of methoxy groups -OCH3 is 2. The Labute approximate surface area is 206 Å². The van der Waals surface area contributed by atoms with E-state index in [2.05, 4.69) is 10.3 Å². The maximum Gasteiger partial charge on any atom is 0.267 e. The molecule has 1 heterocycles. The number of aromatic hydroxyl groups is 1. The number of aliphatic imine (C=N–C) groups is 1. The first-order chi connectivity index (χ1) is 16.7. The van der Waals surface area contributed by atoms with Crippen LogP contribution in [0.2, 0.25) is 0 Å². The van der Waals surface area contributed by atoms with Crippen LogP contribution in [0.3, 0.4) is 0 Å². The van der Waals surface area contributed by atoms with Gasteiger partial charge in [-0.1, -0.05) is 18.2 Å². The fourth-order valence-corrected chi connectivity index (χ4v) is 4.26. The third-order valence-electron chi connectivity index (χ3n) is 5.17. The monoisotopic (exact) mass is 498 g/mol. The van der Waals surface area contributed by atoms with Crippen molar-refractivity contribution >= 4 is 46.4 Å². The van der Waals surface area contributed by atoms with Crippen molar-refractivity contribution in [3.63, 3.8) is 0 Å². The molecule has 1 aliphatic heterocycles. The summed E-state index contributed by atoms with van der Waals surface area (Å²) in [5.41, 5.74) is 6.38. The van der Waals surface area contributed by atoms with Gasteiger partial charge in [-0.15, -0.1) is 0 Å². The highest BCUT2D eigenvalue weighted by molar-refractivity contribution is 8.18. The van der Waals surface area contributed by atoms with E-state index in [1.54, 1.807) is 30.3 Å². The van der Waals surface area contributed by atoms with Crippen LogP contribution in [0.4, 0.5) is 5.69 Å². The Bertz CT molecular complexity index is 1170. The van der Waals surface area contributed by atoms with Gasteiger partial charge in [0.2, 0.25) is 17.6 Å². The molecule has 0 saturated carbocycles. The number of hydrogen-bond donors (Lipinski definition) is 3. The number of carbonyl (C=O) groups is 3. The second kappa shape index (κ2) is 11.0. The van der Waals surface area contributed by atoms with Gasteiger partial charge in [0.1, 0.15) is 12.1 Å². The Balaban J connectivity index is 2.02. The highest BCUT2D eigenvalue weighted by Gasteiger charge is 2.40. The number of amidine groups is 1. The summed E-state index contributed by atoms with van der Waals surface area (Å²) in [6.07, 6.45) is 1.59. The standard InChI is InChI=1S/C24H26N4O6S/c1-13(21(25)30)26-22(31)14(2)28-23(32)19(35-24(28)27-16-8-6-5-7-9-16)12-15-10-17(33-3)20(29)18(11-15)34-4/h5-14,29H,1-4H3,(H2,25,30)(H,26,31)/t13?,14-/m0/s1. The van der Waals surface area contributed by atoms with Gasteiger partial charge in [0.05, 0.1) is 24.8 Å². The van der Waals surface area contributed by atoms with Crippen LogP contribution >= 0.6 is 11.8 Å². The van der Waals surface area contributed by atoms with Crippen molar-refractivity contribution in [2.45, 2.75) is 25.9 Å². The predicted octanol–water partition coefficient (Wildman–Crippen LogP) is 2.39. The van der Waals surface area contributed by atoms with Crippen molar-refractivity contribution in [2.24, 2.45) is 10.7 Å². The van der Waals surface area contributed by atoms with Gasteiger partial charge in [-0.05, 0) is 61.5 Å². The van der Waals surface area contributed by atoms with Crippen molar-refractivity contribution < 1.29 is 29.0 Å². The molecule has 3 rings (SSSR count). The summed E-state index contributed by atoms with van der Waals surface area (Å²) in [4.78, 5) is 43.7. The number of benzene rings is 2. The number of nitrogens with zero attached hydrogens (tertiary/aromatic N) is 2. The van der Waals surface area contributed by atoms with Crippen molar-refractivity contribution in [3.05, 3.63) is 52.9 Å². The van der Waals surface area contributed by atoms with Gasteiger partial charge < -0.3 is 25.6 Å². The quantitative estimate of drug-likeness (QED) is 0.474. The van der Waals surface area contributed by atoms with Crippen molar-refractivity contribution in [1.29, 1.82) is 0 Å². The lowest BCUT2D eigenvalue weighted by atomic mass is 10.1. The topological polar surface area (TPSA) is 144 Å². The molecule has 1 aliphatic rings. The van der Waals surface area contributed by atoms with E-state index >= 15 is 0 Å². The van der Waals surface area contributed by atoms with Crippen LogP contribution in [-0.4, -0.2) is 59.2 Å². The molecule has 1 unspecified atom stereocenters. The zero-order chi connectivity index (χ0) is 25.7. The maximum atomic E-state index is 13.4. The van der Waals surface area contributed by atoms with E-state index in [-0.39, 0.29) is 22.2 Å². The first-order valence-corrected chi connectivity index (χ1v) is 11.4. The van der Waals surface area contributed by atoms with Crippen molar-refractivity contribution in [3.8, 4) is 17.2 Å². The molecule has 11 heteroatoms. The van der Waals surface area contributed by atoms with E-state index in [4.69, 9.17) is 15.2 Å². The van der Waals surface area contributed by atoms with Crippen LogP contribution in [-0.2, 0) is 14.4 Å². The minimum atomic E-state index is -0.978. The molecular formula is C24H26N4O6S. The molecule has 3 amide bonds. The van der Waals surface area contributed by atoms with E-state index in [9.17, 15) is 19.5 Å². The fourth-order valence-electron chi connectivity index (χ4n) is 3.19. The summed E-state index contributed by atoms with van der Waals surface area (Å²) in [6, 6.07) is 10.2. The Morgan fingerprint density at radius 1 is 1.14 bits per heavy atom. The summed E-state index contributed by atoms with van der Waals surface area (Å²) in [6.45, 7) is 3.00. The summed E-state index contributed by atoms with van der Waals surface area (Å²) < 4.78 is 10.4. The molecule has 2 atom stereocenters. The number of nitrogens with one attached hydrogen (secondary N) is 1. The molecule has 4 N–H and O–H groups in total. The SMILES string of the molecule is COc1cc(C=C2SC(=Nc3ccccc3)N([C@@H](C)C(=O)NC(C)C(N)=O)C2=O)cc(OC)c1O. The lowest BCUT2D eigenvalue weighted by Crippen LogP contribution is -2.52. The number of para-hydroxylation sites is 1. The van der Waals surface area contributed by atoms with E-state index in [0.29, 0.717) is 16.4 Å². The highest BCUT2D eigenvalue weighted by atomic mass is 32.2. The summed E-state index contributed by atoms with van der Waals surface area (Å²) in [7, 11) is 2.81. The van der Waals surface area contributed by atoms with Gasteiger partial charge in [0.15, 0.2) is 16.7 Å². The Hall–Kier alpha value is -3.99. The van der Waals surface area contributed by atoms with Crippen molar-refractivity contribution in [1.82, 2.24) is 10.2 Å². The minimum absolute atomic E-state index is 0.163. The van der Waals surface area contributed by atoms with Crippen LogP contribution < -0.4 is 20.5 Å². The number of rotatable bonds is 8. The Kier molecular flexibility index (Phi) is 8.02. The summed E-state index contributed by atoms with van der Waals surface area (Å²) >= 11 is 1.09. The van der Waals surface area contributed by atoms with Gasteiger partial charge in [-0.2, -0.15) is 0 Å². The number of carbonyl (C=O) groups excluding carboxylic acids is 3. The summed E-state index contributed by atoms with van der Waals surface area (Å²) in [5, 5.41) is 13.0. The number of thioether (sulfide) groups is 1. The first kappa shape index (κ1) is 25.6. The molecule has 1 saturated heterocycles. The van der Waals surface area contributed by atoms with Crippen LogP contribution in [0.25, 0.3) is 6.08 Å². The lowest BCUT2D eigenvalue weighted by Gasteiger charge is -2.24. The van der Waals surface area contributed by atoms with E-state index in [1.807, 2.05) is 18.2 Å². The third kappa shape index (κ3) is 5.75. The molecule has 0 bridgehead atoms. The number of primary amides is 1. The number of phenols is 1. The Morgan fingerprint density at radius 3 is 2.29 bits per heavy atom. The maximum absolute atomic E-state index is 13.4. The largest absolute Gasteiger partial charge is 0.502 e. The fraction of sp³-hybridized carbons (Fsp3) is 0.250. The van der Waals surface area contributed by atoms with Crippen LogP contribution in [0.1, 0.15) is 19.4 Å². The lowest BCUT2D eigenvalue weighted by molar-refractivity contribution is -0.133. The number of nitrogens with two attached hydrogens (primary N) is 1. The van der Waals surface area contributed by atoms with Gasteiger partial charge in [-0.25, -0.2) is 4.99 Å². The molecule has 0 radical (unpaired) electrons. The van der Waals surface area contributed by atoms with Crippen LogP contribution in [0.5, 0.6) is 17.2 Å². The number of phenolic OH excluding ortho intramolecular Hbond substituents is 1. The molecule has 0 aliphatic carbocycles. The normalized spacial score (nSPS) is 17.4. The second-order valence-corrected chi connectivity index (χ2v) is 8.61. The molecule has 0 spiro atoms. The average Bonchev–Trinajstić information content (AvgIpc) is 3.13. The zero-order valence-corrected chi connectivity index (χ0v) is 20.5. The molecule has 35 heavy (non-hydrogen) atoms. The molecule has 2 aromatic carbocycles. The van der Waals surface area contributed by atoms with Crippen LogP contribution in [0, 0.1) is 0 Å². The van der Waals surface area contributed by atoms with Gasteiger partial charge in [0.25, 0.3) is 5.91 Å². The average molecular weight is 499 g/mol. The molecular weight excluding hydrogens is 472 g/mol. The first-order valence-electron chi connectivity index (χ1n) is 10.6. The van der Waals surface area contributed by atoms with Gasteiger partial charge in [0, 0.05) is 0 Å². The van der Waals surface area contributed by atoms with E-state index in [0.717, 1.165) is 11.8 Å². The van der Waals surface area contributed by atoms with Crippen LogP contribution in [0.15, 0.2) is 52.4 Å². The van der Waals surface area contributed by atoms with E-state index in [1.165, 1.54) is 33.0 Å². The summed E-state index contributed by atoms with van der Waals surface area (Å²) in [5.74, 6) is -1.51. The van der Waals surface area contributed by atoms with Gasteiger partial charge in [-0.3, -0.25) is 19.3 Å². The zero-order valence-electron chi connectivity index (χ0n) is 19.6. The third-order valence-corrected chi connectivity index (χ3v) is 6.15. The smallest absolute Gasteiger partial charge is 0.267 e. The van der Waals surface area contributed by atoms with Crippen molar-refractivity contribution in [2.75, 3.05) is 14.2 Å². The second-order valence-electron chi connectivity index (χ2n) is 7.60. The van der Waals surface area contributed by atoms with Gasteiger partial charge >= 0.3 is 0 Å². The predicted molar refractivity (Wildman–Crippen MR) is 133 cm³/mol. The molecule has 1 fully saturated rings.